The molecule has 3 aliphatic rings. The highest BCUT2D eigenvalue weighted by Gasteiger charge is 2.55. The van der Waals surface area contributed by atoms with Gasteiger partial charge >= 0.3 is 0 Å². The molecule has 0 N–H and O–H groups in total. The van der Waals surface area contributed by atoms with Gasteiger partial charge in [-0.2, -0.15) is 0 Å². The maximum Gasteiger partial charge on any atom is 0.0730 e. The third-order valence-corrected chi connectivity index (χ3v) is 12.3. The van der Waals surface area contributed by atoms with Crippen molar-refractivity contribution in [1.29, 1.82) is 0 Å². The Kier molecular flexibility index (Phi) is 5.60. The molecule has 0 nitrogen and oxygen atoms in total. The second-order valence-corrected chi connectivity index (χ2v) is 12.4. The molecule has 2 saturated heterocycles. The fourth-order valence-electron chi connectivity index (χ4n) is 3.54. The van der Waals surface area contributed by atoms with E-state index in [4.69, 9.17) is 0 Å². The van der Waals surface area contributed by atoms with Gasteiger partial charge in [-0.25, -0.2) is 0 Å². The Morgan fingerprint density at radius 1 is 0.800 bits per heavy atom. The van der Waals surface area contributed by atoms with Gasteiger partial charge in [0.15, 0.2) is 0 Å². The van der Waals surface area contributed by atoms with Gasteiger partial charge in [0.1, 0.15) is 0 Å². The number of hydrogen-bond donors (Lipinski definition) is 0. The third-order valence-electron chi connectivity index (χ3n) is 4.93. The molecule has 2 aliphatic heterocycles. The van der Waals surface area contributed by atoms with E-state index in [1.54, 1.807) is 0 Å². The largest absolute Gasteiger partial charge is 0.143 e. The Labute approximate surface area is 142 Å². The minimum atomic E-state index is 0.668. The summed E-state index contributed by atoms with van der Waals surface area (Å²) in [6.45, 7) is 4.65. The Balaban J connectivity index is 1.48. The highest BCUT2D eigenvalue weighted by Crippen LogP contribution is 2.66. The first-order valence-electron chi connectivity index (χ1n) is 8.30. The smallest absolute Gasteiger partial charge is 0.0730 e. The molecule has 0 aromatic carbocycles. The van der Waals surface area contributed by atoms with Crippen LogP contribution < -0.4 is 0 Å². The summed E-state index contributed by atoms with van der Waals surface area (Å²) in [6, 6.07) is 0. The van der Waals surface area contributed by atoms with Crippen molar-refractivity contribution in [3.05, 3.63) is 0 Å². The first-order chi connectivity index (χ1) is 9.75. The van der Waals surface area contributed by atoms with E-state index in [1.165, 1.54) is 61.5 Å². The molecule has 3 fully saturated rings. The Bertz CT molecular complexity index is 282. The second kappa shape index (κ2) is 6.88. The van der Waals surface area contributed by atoms with Crippen LogP contribution in [-0.2, 0) is 0 Å². The van der Waals surface area contributed by atoms with Crippen LogP contribution in [0, 0.1) is 11.8 Å². The normalized spacial score (nSPS) is 43.5. The van der Waals surface area contributed by atoms with Crippen molar-refractivity contribution in [3.8, 4) is 0 Å². The highest BCUT2D eigenvalue weighted by molar-refractivity contribution is 8.25. The molecule has 0 bridgehead atoms. The molecule has 20 heavy (non-hydrogen) atoms. The molecule has 116 valence electrons. The van der Waals surface area contributed by atoms with Gasteiger partial charge in [-0.3, -0.25) is 0 Å². The van der Waals surface area contributed by atoms with E-state index in [2.05, 4.69) is 60.9 Å². The van der Waals surface area contributed by atoms with Crippen LogP contribution >= 0.6 is 47.0 Å². The summed E-state index contributed by atoms with van der Waals surface area (Å²) in [5, 5.41) is 0. The summed E-state index contributed by atoms with van der Waals surface area (Å²) in [5.74, 6) is 7.68. The highest BCUT2D eigenvalue weighted by atomic mass is 32.2. The van der Waals surface area contributed by atoms with Gasteiger partial charge in [-0.15, -0.1) is 47.0 Å². The fourth-order valence-corrected chi connectivity index (χ4v) is 9.47. The van der Waals surface area contributed by atoms with E-state index >= 15 is 0 Å². The van der Waals surface area contributed by atoms with Crippen molar-refractivity contribution in [3.63, 3.8) is 0 Å². The van der Waals surface area contributed by atoms with Crippen molar-refractivity contribution >= 4 is 47.0 Å². The van der Waals surface area contributed by atoms with Gasteiger partial charge in [0.25, 0.3) is 0 Å². The van der Waals surface area contributed by atoms with Crippen molar-refractivity contribution in [2.45, 2.75) is 60.5 Å². The third kappa shape index (κ3) is 3.49. The van der Waals surface area contributed by atoms with Crippen LogP contribution in [0.4, 0.5) is 0 Å². The van der Waals surface area contributed by atoms with E-state index in [0.29, 0.717) is 8.16 Å². The zero-order chi connectivity index (χ0) is 14.1. The lowest BCUT2D eigenvalue weighted by Crippen LogP contribution is -2.30. The molecule has 3 rings (SSSR count). The molecule has 1 saturated carbocycles. The summed E-state index contributed by atoms with van der Waals surface area (Å²) in [7, 11) is 0. The quantitative estimate of drug-likeness (QED) is 0.496. The molecular formula is C16H28S4. The van der Waals surface area contributed by atoms with Crippen molar-refractivity contribution in [2.24, 2.45) is 11.8 Å². The molecule has 2 heterocycles. The van der Waals surface area contributed by atoms with Gasteiger partial charge in [-0.05, 0) is 61.9 Å². The van der Waals surface area contributed by atoms with E-state index in [-0.39, 0.29) is 0 Å². The predicted octanol–water partition coefficient (Wildman–Crippen LogP) is 5.97. The molecule has 2 unspecified atom stereocenters. The zero-order valence-corrected chi connectivity index (χ0v) is 16.1. The van der Waals surface area contributed by atoms with Crippen LogP contribution in [0.5, 0.6) is 0 Å². The van der Waals surface area contributed by atoms with Gasteiger partial charge in [0, 0.05) is 11.5 Å². The number of rotatable bonds is 8. The minimum Gasteiger partial charge on any atom is -0.143 e. The van der Waals surface area contributed by atoms with Gasteiger partial charge in [0.05, 0.1) is 8.16 Å². The van der Waals surface area contributed by atoms with Gasteiger partial charge in [-0.1, -0.05) is 13.8 Å². The average molecular weight is 349 g/mol. The molecular weight excluding hydrogens is 320 g/mol. The number of thioether (sulfide) groups is 4. The van der Waals surface area contributed by atoms with E-state index in [1.807, 2.05) is 0 Å². The maximum absolute atomic E-state index is 2.32. The second-order valence-electron chi connectivity index (χ2n) is 6.45. The maximum atomic E-state index is 2.32. The molecule has 0 spiro atoms. The first-order valence-corrected chi connectivity index (χ1v) is 12.2. The molecule has 4 heteroatoms. The lowest BCUT2D eigenvalue weighted by Gasteiger charge is -2.36. The number of hydrogen-bond acceptors (Lipinski definition) is 4. The van der Waals surface area contributed by atoms with Crippen LogP contribution in [0.15, 0.2) is 0 Å². The molecule has 0 amide bonds. The van der Waals surface area contributed by atoms with Crippen molar-refractivity contribution in [1.82, 2.24) is 0 Å². The van der Waals surface area contributed by atoms with Crippen LogP contribution in [0.1, 0.15) is 52.4 Å². The Morgan fingerprint density at radius 2 is 1.15 bits per heavy atom. The van der Waals surface area contributed by atoms with E-state index in [9.17, 15) is 0 Å². The summed E-state index contributed by atoms with van der Waals surface area (Å²) in [4.78, 5) is 0. The zero-order valence-electron chi connectivity index (χ0n) is 12.9. The van der Waals surface area contributed by atoms with Crippen molar-refractivity contribution in [2.75, 3.05) is 23.0 Å². The van der Waals surface area contributed by atoms with E-state index < -0.39 is 0 Å². The van der Waals surface area contributed by atoms with Crippen LogP contribution in [0.3, 0.4) is 0 Å². The van der Waals surface area contributed by atoms with Crippen molar-refractivity contribution < 1.29 is 0 Å². The summed E-state index contributed by atoms with van der Waals surface area (Å²) in [6.07, 6.45) is 8.75. The lowest BCUT2D eigenvalue weighted by molar-refractivity contribution is 0.272. The standard InChI is InChI=1S/C16H28S4/c1-3-9-17-15(11-19-15)13-5-7-14(8-6-13)16(12-20-16)18-10-4-2/h13-14H,3-12H2,1-2H3. The Hall–Kier alpha value is 1.40. The summed E-state index contributed by atoms with van der Waals surface area (Å²) >= 11 is 9.08. The first kappa shape index (κ1) is 16.3. The fraction of sp³-hybridized carbons (Fsp3) is 1.00. The lowest BCUT2D eigenvalue weighted by atomic mass is 9.79. The molecule has 0 aromatic heterocycles. The SMILES string of the molecule is CCCSC1(C2CCC(C3(SCCC)CS3)CC2)CS1. The topological polar surface area (TPSA) is 0 Å². The summed E-state index contributed by atoms with van der Waals surface area (Å²) in [5.41, 5.74) is 0. The molecule has 1 aliphatic carbocycles. The van der Waals surface area contributed by atoms with Gasteiger partial charge in [0.2, 0.25) is 0 Å². The van der Waals surface area contributed by atoms with Crippen LogP contribution in [0.25, 0.3) is 0 Å². The average Bonchev–Trinajstić information content (AvgIpc) is 3.39. The molecule has 0 radical (unpaired) electrons. The predicted molar refractivity (Wildman–Crippen MR) is 101 cm³/mol. The van der Waals surface area contributed by atoms with Crippen LogP contribution in [0.2, 0.25) is 0 Å². The molecule has 0 aromatic rings. The minimum absolute atomic E-state index is 0.668. The molecule has 2 atom stereocenters. The monoisotopic (exact) mass is 348 g/mol. The van der Waals surface area contributed by atoms with Crippen LogP contribution in [-0.4, -0.2) is 31.2 Å². The van der Waals surface area contributed by atoms with Gasteiger partial charge < -0.3 is 0 Å². The Morgan fingerprint density at radius 3 is 1.40 bits per heavy atom. The van der Waals surface area contributed by atoms with E-state index in [0.717, 1.165) is 11.8 Å². The summed E-state index contributed by atoms with van der Waals surface area (Å²) < 4.78 is 1.34.